The van der Waals surface area contributed by atoms with Gasteiger partial charge in [0.2, 0.25) is 0 Å². The number of nitrogens with zero attached hydrogens (tertiary/aromatic N) is 2. The summed E-state index contributed by atoms with van der Waals surface area (Å²) in [6, 6.07) is 10.9. The molecular formula is C18H16Cl4N2. The maximum absolute atomic E-state index is 5.95. The summed E-state index contributed by atoms with van der Waals surface area (Å²) in [7, 11) is 0. The molecule has 126 valence electrons. The van der Waals surface area contributed by atoms with Gasteiger partial charge in [-0.05, 0) is 48.2 Å². The number of halogens is 4. The van der Waals surface area contributed by atoms with Crippen molar-refractivity contribution in [1.29, 1.82) is 0 Å². The smallest absolute Gasteiger partial charge is 0.0598 e. The average molecular weight is 402 g/mol. The molecule has 24 heavy (non-hydrogen) atoms. The summed E-state index contributed by atoms with van der Waals surface area (Å²) in [5, 5.41) is 2.18. The van der Waals surface area contributed by atoms with Crippen molar-refractivity contribution < 1.29 is 0 Å². The first-order chi connectivity index (χ1) is 11.6. The molecule has 0 N–H and O–H groups in total. The van der Waals surface area contributed by atoms with Gasteiger partial charge in [0.05, 0.1) is 20.1 Å². The van der Waals surface area contributed by atoms with E-state index in [1.165, 1.54) is 0 Å². The van der Waals surface area contributed by atoms with Gasteiger partial charge in [-0.15, -0.1) is 0 Å². The third-order valence-electron chi connectivity index (χ3n) is 3.19. The molecule has 0 aromatic heterocycles. The van der Waals surface area contributed by atoms with E-state index in [0.29, 0.717) is 20.1 Å². The topological polar surface area (TPSA) is 24.7 Å². The lowest BCUT2D eigenvalue weighted by molar-refractivity contribution is 0.760. The Hall–Kier alpha value is -1.06. The fourth-order valence-electron chi connectivity index (χ4n) is 1.93. The Morgan fingerprint density at radius 3 is 1.42 bits per heavy atom. The van der Waals surface area contributed by atoms with Gasteiger partial charge in [0.25, 0.3) is 0 Å². The van der Waals surface area contributed by atoms with Crippen molar-refractivity contribution in [3.05, 3.63) is 67.6 Å². The minimum Gasteiger partial charge on any atom is -0.293 e. The van der Waals surface area contributed by atoms with Crippen LogP contribution in [-0.4, -0.2) is 25.5 Å². The monoisotopic (exact) mass is 400 g/mol. The molecule has 0 heterocycles. The molecule has 0 aliphatic heterocycles. The van der Waals surface area contributed by atoms with Gasteiger partial charge < -0.3 is 0 Å². The van der Waals surface area contributed by atoms with Crippen LogP contribution in [0, 0.1) is 0 Å². The largest absolute Gasteiger partial charge is 0.293 e. The van der Waals surface area contributed by atoms with E-state index in [-0.39, 0.29) is 0 Å². The highest BCUT2D eigenvalue weighted by Gasteiger charge is 1.98. The number of benzene rings is 2. The molecule has 0 fully saturated rings. The highest BCUT2D eigenvalue weighted by Crippen LogP contribution is 2.22. The molecule has 0 aliphatic carbocycles. The van der Waals surface area contributed by atoms with Gasteiger partial charge in [-0.2, -0.15) is 0 Å². The van der Waals surface area contributed by atoms with Gasteiger partial charge in [-0.1, -0.05) is 58.5 Å². The van der Waals surface area contributed by atoms with Crippen LogP contribution in [0.5, 0.6) is 0 Å². The highest BCUT2D eigenvalue weighted by atomic mass is 35.5. The molecule has 0 unspecified atom stereocenters. The second-order valence-corrected chi connectivity index (χ2v) is 6.75. The average Bonchev–Trinajstić information content (AvgIpc) is 2.56. The number of rotatable bonds is 7. The van der Waals surface area contributed by atoms with Gasteiger partial charge >= 0.3 is 0 Å². The summed E-state index contributed by atoms with van der Waals surface area (Å²) in [5.74, 6) is 0. The Bertz CT molecular complexity index is 678. The summed E-state index contributed by atoms with van der Waals surface area (Å²) in [4.78, 5) is 8.76. The van der Waals surface area contributed by atoms with Crippen molar-refractivity contribution in [3.8, 4) is 0 Å². The molecule has 0 atom stereocenters. The summed E-state index contributed by atoms with van der Waals surface area (Å²) < 4.78 is 0. The molecule has 0 amide bonds. The summed E-state index contributed by atoms with van der Waals surface area (Å²) >= 11 is 23.6. The summed E-state index contributed by atoms with van der Waals surface area (Å²) in [5.41, 5.74) is 1.89. The predicted molar refractivity (Wildman–Crippen MR) is 107 cm³/mol. The third kappa shape index (κ3) is 6.45. The van der Waals surface area contributed by atoms with Crippen LogP contribution in [0.25, 0.3) is 0 Å². The maximum Gasteiger partial charge on any atom is 0.0598 e. The van der Waals surface area contributed by atoms with Crippen LogP contribution in [0.2, 0.25) is 20.1 Å². The van der Waals surface area contributed by atoms with Crippen molar-refractivity contribution in [2.45, 2.75) is 12.8 Å². The minimum atomic E-state index is 0.539. The quantitative estimate of drug-likeness (QED) is 0.368. The molecular weight excluding hydrogens is 386 g/mol. The normalized spacial score (nSPS) is 11.7. The van der Waals surface area contributed by atoms with Gasteiger partial charge in [-0.25, -0.2) is 0 Å². The van der Waals surface area contributed by atoms with E-state index in [9.17, 15) is 0 Å². The molecule has 0 spiro atoms. The van der Waals surface area contributed by atoms with Crippen LogP contribution in [0.1, 0.15) is 24.0 Å². The fourth-order valence-corrected chi connectivity index (χ4v) is 2.54. The molecule has 2 rings (SSSR count). The van der Waals surface area contributed by atoms with Crippen LogP contribution < -0.4 is 0 Å². The Morgan fingerprint density at radius 2 is 1.04 bits per heavy atom. The van der Waals surface area contributed by atoms with Crippen molar-refractivity contribution in [2.75, 3.05) is 13.1 Å². The molecule has 6 heteroatoms. The maximum atomic E-state index is 5.95. The van der Waals surface area contributed by atoms with Crippen LogP contribution in [0.4, 0.5) is 0 Å². The second kappa shape index (κ2) is 10.0. The van der Waals surface area contributed by atoms with Crippen molar-refractivity contribution in [3.63, 3.8) is 0 Å². The molecule has 2 aromatic rings. The Kier molecular flexibility index (Phi) is 8.07. The molecule has 2 aromatic carbocycles. The van der Waals surface area contributed by atoms with Gasteiger partial charge in [0.15, 0.2) is 0 Å². The number of aliphatic imine (C=N–C) groups is 2. The van der Waals surface area contributed by atoms with Crippen LogP contribution in [0.3, 0.4) is 0 Å². The fraction of sp³-hybridized carbons (Fsp3) is 0.222. The lowest BCUT2D eigenvalue weighted by Crippen LogP contribution is -1.89. The molecule has 2 nitrogen and oxygen atoms in total. The molecule has 0 bridgehead atoms. The van der Waals surface area contributed by atoms with Gasteiger partial charge in [0, 0.05) is 25.5 Å². The predicted octanol–water partition coefficient (Wildman–Crippen LogP) is 6.62. The van der Waals surface area contributed by atoms with Gasteiger partial charge in [0.1, 0.15) is 0 Å². The van der Waals surface area contributed by atoms with E-state index < -0.39 is 0 Å². The SMILES string of the molecule is Clc1ccc(C=NCCCCN=Cc2ccc(Cl)c(Cl)c2)cc1Cl. The highest BCUT2D eigenvalue weighted by molar-refractivity contribution is 6.42. The third-order valence-corrected chi connectivity index (χ3v) is 4.67. The number of unbranched alkanes of at least 4 members (excludes halogenated alkanes) is 1. The first-order valence-electron chi connectivity index (χ1n) is 7.46. The number of hydrogen-bond donors (Lipinski definition) is 0. The van der Waals surface area contributed by atoms with Crippen LogP contribution in [-0.2, 0) is 0 Å². The van der Waals surface area contributed by atoms with Crippen molar-refractivity contribution in [2.24, 2.45) is 9.98 Å². The zero-order valence-corrected chi connectivity index (χ0v) is 15.9. The first-order valence-corrected chi connectivity index (χ1v) is 8.97. The number of hydrogen-bond acceptors (Lipinski definition) is 2. The lowest BCUT2D eigenvalue weighted by Gasteiger charge is -1.98. The Balaban J connectivity index is 1.67. The lowest BCUT2D eigenvalue weighted by atomic mass is 10.2. The Morgan fingerprint density at radius 1 is 0.625 bits per heavy atom. The molecule has 0 saturated heterocycles. The molecule has 0 radical (unpaired) electrons. The Labute approximate surface area is 162 Å². The van der Waals surface area contributed by atoms with E-state index >= 15 is 0 Å². The zero-order valence-electron chi connectivity index (χ0n) is 12.9. The summed E-state index contributed by atoms with van der Waals surface area (Å²) in [6.45, 7) is 1.51. The van der Waals surface area contributed by atoms with Crippen LogP contribution >= 0.6 is 46.4 Å². The molecule has 0 saturated carbocycles. The minimum absolute atomic E-state index is 0.539. The van der Waals surface area contributed by atoms with E-state index in [2.05, 4.69) is 9.98 Å². The van der Waals surface area contributed by atoms with E-state index in [1.54, 1.807) is 36.7 Å². The van der Waals surface area contributed by atoms with Crippen molar-refractivity contribution in [1.82, 2.24) is 0 Å². The summed E-state index contributed by atoms with van der Waals surface area (Å²) in [6.07, 6.45) is 5.55. The van der Waals surface area contributed by atoms with Crippen LogP contribution in [0.15, 0.2) is 46.4 Å². The van der Waals surface area contributed by atoms with Gasteiger partial charge in [-0.3, -0.25) is 9.98 Å². The standard InChI is InChI=1S/C18H16Cl4N2/c19-15-5-3-13(9-17(15)21)11-23-7-1-2-8-24-12-14-4-6-16(20)18(22)10-14/h3-6,9-12H,1-2,7-8H2. The van der Waals surface area contributed by atoms with E-state index in [1.807, 2.05) is 12.1 Å². The van der Waals surface area contributed by atoms with E-state index in [0.717, 1.165) is 37.1 Å². The molecule has 0 aliphatic rings. The second-order valence-electron chi connectivity index (χ2n) is 5.12. The van der Waals surface area contributed by atoms with Crippen molar-refractivity contribution >= 4 is 58.8 Å². The first kappa shape index (κ1) is 19.3. The van der Waals surface area contributed by atoms with E-state index in [4.69, 9.17) is 46.4 Å². The zero-order chi connectivity index (χ0) is 17.4.